The Bertz CT molecular complexity index is 1550. The molecule has 0 spiro atoms. The predicted octanol–water partition coefficient (Wildman–Crippen LogP) is 6.12. The number of fused-ring (bicyclic) bond motifs is 10. The summed E-state index contributed by atoms with van der Waals surface area (Å²) in [6.45, 7) is 13.9. The number of ether oxygens (including phenoxy) is 2. The second-order valence-electron chi connectivity index (χ2n) is 12.7. The van der Waals surface area contributed by atoms with Gasteiger partial charge in [-0.2, -0.15) is 0 Å². The smallest absolute Gasteiger partial charge is 0.419 e. The predicted molar refractivity (Wildman–Crippen MR) is 149 cm³/mol. The quantitative estimate of drug-likeness (QED) is 0.296. The molecule has 2 bridgehead atoms. The van der Waals surface area contributed by atoms with Crippen LogP contribution in [-0.4, -0.2) is 48.6 Å². The molecule has 2 aliphatic rings. The molecular weight excluding hydrogens is 494 g/mol. The number of rotatable bonds is 0. The molecule has 0 radical (unpaired) electrons. The van der Waals surface area contributed by atoms with E-state index < -0.39 is 29.0 Å². The first-order valence-corrected chi connectivity index (χ1v) is 13.4. The second kappa shape index (κ2) is 8.19. The number of aliphatic hydroxyl groups is 1. The molecule has 0 unspecified atom stereocenters. The summed E-state index contributed by atoms with van der Waals surface area (Å²) in [5.74, 6) is 0. The van der Waals surface area contributed by atoms with Crippen molar-refractivity contribution in [3.63, 3.8) is 0 Å². The van der Waals surface area contributed by atoms with E-state index in [0.717, 1.165) is 10.8 Å². The molecule has 4 aromatic rings. The molecule has 0 saturated heterocycles. The van der Waals surface area contributed by atoms with Crippen LogP contribution in [0.4, 0.5) is 9.59 Å². The third-order valence-corrected chi connectivity index (χ3v) is 7.72. The molecule has 2 aromatic heterocycles. The van der Waals surface area contributed by atoms with E-state index in [9.17, 15) is 14.7 Å². The summed E-state index contributed by atoms with van der Waals surface area (Å²) in [6.07, 6.45) is -0.956. The van der Waals surface area contributed by atoms with Crippen molar-refractivity contribution in [3.8, 4) is 0 Å². The zero-order valence-electron chi connectivity index (χ0n) is 23.5. The lowest BCUT2D eigenvalue weighted by atomic mass is 9.72. The Kier molecular flexibility index (Phi) is 5.39. The molecule has 2 aliphatic heterocycles. The van der Waals surface area contributed by atoms with Crippen molar-refractivity contribution >= 4 is 34.0 Å². The molecule has 2 aromatic carbocycles. The van der Waals surface area contributed by atoms with Gasteiger partial charge < -0.3 is 14.6 Å². The van der Waals surface area contributed by atoms with Gasteiger partial charge in [-0.05, 0) is 60.6 Å². The molecule has 6 rings (SSSR count). The van der Waals surface area contributed by atoms with E-state index in [1.165, 1.54) is 0 Å². The van der Waals surface area contributed by atoms with Crippen molar-refractivity contribution in [3.05, 3.63) is 71.0 Å². The minimum atomic E-state index is -1.50. The largest absolute Gasteiger partial charge is 0.443 e. The lowest BCUT2D eigenvalue weighted by Gasteiger charge is -2.49. The van der Waals surface area contributed by atoms with Crippen LogP contribution in [0.2, 0.25) is 0 Å². The molecular formula is C31H35N3O5. The third-order valence-electron chi connectivity index (χ3n) is 7.72. The van der Waals surface area contributed by atoms with E-state index in [2.05, 4.69) is 4.90 Å². The van der Waals surface area contributed by atoms with Crippen molar-refractivity contribution in [1.29, 1.82) is 0 Å². The van der Waals surface area contributed by atoms with Crippen LogP contribution >= 0.6 is 0 Å². The average molecular weight is 530 g/mol. The first kappa shape index (κ1) is 25.6. The molecule has 39 heavy (non-hydrogen) atoms. The summed E-state index contributed by atoms with van der Waals surface area (Å²) < 4.78 is 14.9. The Morgan fingerprint density at radius 3 is 1.54 bits per heavy atom. The van der Waals surface area contributed by atoms with Crippen molar-refractivity contribution in [2.24, 2.45) is 0 Å². The van der Waals surface area contributed by atoms with Crippen molar-refractivity contribution in [1.82, 2.24) is 14.0 Å². The number of hydrogen-bond donors (Lipinski definition) is 1. The minimum Gasteiger partial charge on any atom is -0.443 e. The number of benzene rings is 2. The first-order valence-electron chi connectivity index (χ1n) is 13.4. The fourth-order valence-corrected chi connectivity index (χ4v) is 6.29. The molecule has 1 N–H and O–H groups in total. The van der Waals surface area contributed by atoms with Gasteiger partial charge in [-0.15, -0.1) is 0 Å². The van der Waals surface area contributed by atoms with Crippen LogP contribution < -0.4 is 0 Å². The minimum absolute atomic E-state index is 0.312. The van der Waals surface area contributed by atoms with E-state index in [-0.39, 0.29) is 6.04 Å². The van der Waals surface area contributed by atoms with E-state index >= 15 is 0 Å². The van der Waals surface area contributed by atoms with Crippen LogP contribution in [0.25, 0.3) is 21.8 Å². The van der Waals surface area contributed by atoms with Gasteiger partial charge in [0.05, 0.1) is 22.4 Å². The van der Waals surface area contributed by atoms with Gasteiger partial charge >= 0.3 is 12.2 Å². The Balaban J connectivity index is 1.67. The number of aromatic nitrogens is 2. The maximum atomic E-state index is 13.6. The molecule has 0 aliphatic carbocycles. The van der Waals surface area contributed by atoms with Gasteiger partial charge in [0.2, 0.25) is 0 Å². The van der Waals surface area contributed by atoms with Crippen molar-refractivity contribution < 1.29 is 24.2 Å². The summed E-state index contributed by atoms with van der Waals surface area (Å²) in [6, 6.07) is 14.9. The standard InChI is InChI=1S/C31H35N3O5/c1-18-31(37)25-19-12-8-10-14-21(19)33(27(35)38-29(2,3)4)23(25)16-32(18)17-24-26(31)20-13-9-11-15-22(20)34(24)28(36)39-30(5,6)7/h8-15,18,37H,16-17H2,1-7H3/t18-/m0/s1. The fraction of sp³-hybridized carbons (Fsp3) is 0.419. The molecule has 8 heteroatoms. The van der Waals surface area contributed by atoms with Gasteiger partial charge in [0.15, 0.2) is 0 Å². The normalized spacial score (nSPS) is 22.5. The van der Waals surface area contributed by atoms with Crippen LogP contribution in [0.3, 0.4) is 0 Å². The molecule has 0 saturated carbocycles. The van der Waals surface area contributed by atoms with E-state index in [1.807, 2.05) is 97.0 Å². The summed E-state index contributed by atoms with van der Waals surface area (Å²) in [5, 5.41) is 14.5. The first-order chi connectivity index (χ1) is 18.2. The lowest BCUT2D eigenvalue weighted by Crippen LogP contribution is -2.57. The topological polar surface area (TPSA) is 85.9 Å². The van der Waals surface area contributed by atoms with Gasteiger partial charge in [0.25, 0.3) is 0 Å². The third kappa shape index (κ3) is 3.72. The van der Waals surface area contributed by atoms with E-state index in [0.29, 0.717) is 46.6 Å². The van der Waals surface area contributed by atoms with Crippen LogP contribution in [0.15, 0.2) is 48.5 Å². The molecule has 0 amide bonds. The lowest BCUT2D eigenvalue weighted by molar-refractivity contribution is -0.0486. The summed E-state index contributed by atoms with van der Waals surface area (Å²) in [5.41, 5.74) is 1.27. The molecule has 1 atom stereocenters. The van der Waals surface area contributed by atoms with Crippen LogP contribution in [0.1, 0.15) is 71.0 Å². The Morgan fingerprint density at radius 2 is 1.15 bits per heavy atom. The van der Waals surface area contributed by atoms with Gasteiger partial charge in [-0.25, -0.2) is 18.7 Å². The van der Waals surface area contributed by atoms with Crippen LogP contribution in [0.5, 0.6) is 0 Å². The molecule has 0 fully saturated rings. The highest BCUT2D eigenvalue weighted by Crippen LogP contribution is 2.53. The van der Waals surface area contributed by atoms with Crippen molar-refractivity contribution in [2.75, 3.05) is 0 Å². The maximum absolute atomic E-state index is 13.6. The number of carbonyl (C=O) groups is 2. The summed E-state index contributed by atoms with van der Waals surface area (Å²) in [7, 11) is 0. The molecule has 204 valence electrons. The average Bonchev–Trinajstić information content (AvgIpc) is 3.32. The highest BCUT2D eigenvalue weighted by atomic mass is 16.6. The second-order valence-corrected chi connectivity index (χ2v) is 12.7. The summed E-state index contributed by atoms with van der Waals surface area (Å²) in [4.78, 5) is 29.3. The zero-order valence-corrected chi connectivity index (χ0v) is 23.5. The Labute approximate surface area is 227 Å². The monoisotopic (exact) mass is 529 g/mol. The highest BCUT2D eigenvalue weighted by Gasteiger charge is 2.55. The highest BCUT2D eigenvalue weighted by molar-refractivity contribution is 5.99. The van der Waals surface area contributed by atoms with Gasteiger partial charge in [-0.1, -0.05) is 36.4 Å². The van der Waals surface area contributed by atoms with Crippen LogP contribution in [0, 0.1) is 0 Å². The SMILES string of the molecule is C[C@@H]1N2Cc3c(c4ccccc4n3C(=O)OC(C)(C)C)C1(O)c1c(n(C(=O)OC(C)(C)C)c3ccccc13)C2. The number of hydrogen-bond acceptors (Lipinski definition) is 6. The van der Waals surface area contributed by atoms with Gasteiger partial charge in [0, 0.05) is 41.0 Å². The number of para-hydroxylation sites is 2. The maximum Gasteiger partial charge on any atom is 0.419 e. The van der Waals surface area contributed by atoms with Gasteiger partial charge in [0.1, 0.15) is 16.8 Å². The zero-order chi connectivity index (χ0) is 28.1. The fourth-order valence-electron chi connectivity index (χ4n) is 6.29. The number of carbonyl (C=O) groups excluding carboxylic acids is 2. The van der Waals surface area contributed by atoms with E-state index in [1.54, 1.807) is 9.13 Å². The number of nitrogens with zero attached hydrogens (tertiary/aromatic N) is 3. The van der Waals surface area contributed by atoms with E-state index in [4.69, 9.17) is 9.47 Å². The summed E-state index contributed by atoms with van der Waals surface area (Å²) >= 11 is 0. The van der Waals surface area contributed by atoms with Crippen LogP contribution in [-0.2, 0) is 28.2 Å². The molecule has 8 nitrogen and oxygen atoms in total. The Hall–Kier alpha value is -3.62. The van der Waals surface area contributed by atoms with Crippen molar-refractivity contribution in [2.45, 2.75) is 84.4 Å². The van der Waals surface area contributed by atoms with Gasteiger partial charge in [-0.3, -0.25) is 4.90 Å². The molecule has 4 heterocycles. The Morgan fingerprint density at radius 1 is 0.769 bits per heavy atom.